The third kappa shape index (κ3) is 3.70. The number of hydrogen-bond acceptors (Lipinski definition) is 5. The molecule has 0 N–H and O–H groups in total. The number of halogens is 1. The summed E-state index contributed by atoms with van der Waals surface area (Å²) in [5.74, 6) is 1.82. The maximum absolute atomic E-state index is 13.2. The number of hydrazone groups is 1. The summed E-state index contributed by atoms with van der Waals surface area (Å²) in [5.41, 5.74) is 1.79. The molecule has 1 aliphatic heterocycles. The largest absolute Gasteiger partial charge is 0.490 e. The highest BCUT2D eigenvalue weighted by atomic mass is 79.9. The smallest absolute Gasteiger partial charge is 0.254 e. The van der Waals surface area contributed by atoms with Crippen LogP contribution in [-0.2, 0) is 16.2 Å². The molecule has 6 atom stereocenters. The van der Waals surface area contributed by atoms with Gasteiger partial charge < -0.3 is 9.47 Å². The van der Waals surface area contributed by atoms with E-state index in [1.807, 2.05) is 37.3 Å². The van der Waals surface area contributed by atoms with Gasteiger partial charge in [0.15, 0.2) is 11.5 Å². The maximum Gasteiger partial charge on any atom is 0.254 e. The second-order valence-electron chi connectivity index (χ2n) is 10.6. The molecule has 2 amide bonds. The van der Waals surface area contributed by atoms with Crippen molar-refractivity contribution in [3.05, 3.63) is 82.3 Å². The Hall–Kier alpha value is -3.45. The Labute approximate surface area is 229 Å². The lowest BCUT2D eigenvalue weighted by Crippen LogP contribution is -2.40. The predicted octanol–water partition coefficient (Wildman–Crippen LogP) is 5.97. The van der Waals surface area contributed by atoms with E-state index in [-0.39, 0.29) is 35.5 Å². The Balaban J connectivity index is 1.13. The molecule has 3 aromatic carbocycles. The second kappa shape index (κ2) is 9.09. The first-order valence-corrected chi connectivity index (χ1v) is 14.0. The van der Waals surface area contributed by atoms with Gasteiger partial charge in [-0.15, -0.1) is 0 Å². The first-order chi connectivity index (χ1) is 18.5. The topological polar surface area (TPSA) is 68.2 Å². The highest BCUT2D eigenvalue weighted by Crippen LogP contribution is 2.65. The molecular formula is C31H27BrN2O4. The van der Waals surface area contributed by atoms with Gasteiger partial charge in [-0.05, 0) is 87.0 Å². The highest BCUT2D eigenvalue weighted by molar-refractivity contribution is 9.10. The molecule has 3 aromatic rings. The Morgan fingerprint density at radius 3 is 2.42 bits per heavy atom. The number of benzene rings is 3. The lowest BCUT2D eigenvalue weighted by Gasteiger charge is -2.37. The summed E-state index contributed by atoms with van der Waals surface area (Å²) in [6, 6.07) is 18.1. The summed E-state index contributed by atoms with van der Waals surface area (Å²) in [6.45, 7) is 2.76. The van der Waals surface area contributed by atoms with Crippen LogP contribution in [0.15, 0.2) is 76.3 Å². The van der Waals surface area contributed by atoms with Crippen LogP contribution in [-0.4, -0.2) is 29.6 Å². The van der Waals surface area contributed by atoms with Crippen molar-refractivity contribution in [3.8, 4) is 11.5 Å². The normalized spacial score (nSPS) is 28.7. The van der Waals surface area contributed by atoms with Gasteiger partial charge >= 0.3 is 0 Å². The van der Waals surface area contributed by atoms with E-state index >= 15 is 0 Å². The van der Waals surface area contributed by atoms with E-state index < -0.39 is 0 Å². The van der Waals surface area contributed by atoms with Crippen molar-refractivity contribution in [2.75, 3.05) is 6.61 Å². The van der Waals surface area contributed by atoms with Gasteiger partial charge in [0, 0.05) is 0 Å². The molecule has 2 bridgehead atoms. The van der Waals surface area contributed by atoms with Gasteiger partial charge in [0.05, 0.1) is 29.1 Å². The van der Waals surface area contributed by atoms with Gasteiger partial charge in [-0.3, -0.25) is 9.59 Å². The number of hydrogen-bond donors (Lipinski definition) is 0. The minimum atomic E-state index is -0.256. The third-order valence-electron chi connectivity index (χ3n) is 8.55. The SMILES string of the molecule is CCOc1cc(C=NN2C(=O)[C@@H]3[C@H]4C=C[C@@H]([C@@H]5C[C@@H]45)[C@H]3C2=O)cc(Br)c1OCc1cccc2ccccc12. The van der Waals surface area contributed by atoms with E-state index in [4.69, 9.17) is 9.47 Å². The molecule has 1 heterocycles. The predicted molar refractivity (Wildman–Crippen MR) is 148 cm³/mol. The lowest BCUT2D eigenvalue weighted by atomic mass is 9.63. The fourth-order valence-corrected chi connectivity index (χ4v) is 7.39. The summed E-state index contributed by atoms with van der Waals surface area (Å²) in [6.07, 6.45) is 7.04. The average Bonchev–Trinajstić information content (AvgIpc) is 3.71. The average molecular weight is 571 g/mol. The summed E-state index contributed by atoms with van der Waals surface area (Å²) >= 11 is 3.63. The molecule has 2 saturated carbocycles. The highest BCUT2D eigenvalue weighted by Gasteiger charge is 2.67. The van der Waals surface area contributed by atoms with Gasteiger partial charge in [-0.2, -0.15) is 10.1 Å². The van der Waals surface area contributed by atoms with E-state index in [2.05, 4.69) is 57.4 Å². The lowest BCUT2D eigenvalue weighted by molar-refractivity contribution is -0.140. The molecule has 0 unspecified atom stereocenters. The van der Waals surface area contributed by atoms with Crippen molar-refractivity contribution in [1.82, 2.24) is 5.01 Å². The number of allylic oxidation sites excluding steroid dienone is 2. The number of imide groups is 1. The molecule has 1 saturated heterocycles. The zero-order valence-electron chi connectivity index (χ0n) is 20.9. The van der Waals surface area contributed by atoms with E-state index in [1.54, 1.807) is 6.21 Å². The first kappa shape index (κ1) is 23.7. The molecule has 8 rings (SSSR count). The van der Waals surface area contributed by atoms with E-state index in [9.17, 15) is 9.59 Å². The molecule has 0 radical (unpaired) electrons. The second-order valence-corrected chi connectivity index (χ2v) is 11.4. The quantitative estimate of drug-likeness (QED) is 0.199. The number of nitrogens with zero attached hydrogens (tertiary/aromatic N) is 2. The van der Waals surface area contributed by atoms with Gasteiger partial charge in [0.1, 0.15) is 6.61 Å². The number of fused-ring (bicyclic) bond motifs is 1. The molecule has 6 nitrogen and oxygen atoms in total. The van der Waals surface area contributed by atoms with Crippen LogP contribution in [0.5, 0.6) is 11.5 Å². The first-order valence-electron chi connectivity index (χ1n) is 13.2. The van der Waals surface area contributed by atoms with Crippen LogP contribution in [0, 0.1) is 35.5 Å². The molecule has 0 spiro atoms. The van der Waals surface area contributed by atoms with E-state index in [1.165, 1.54) is 0 Å². The summed E-state index contributed by atoms with van der Waals surface area (Å²) in [5, 5.41) is 7.79. The van der Waals surface area contributed by atoms with Crippen LogP contribution in [0.2, 0.25) is 0 Å². The van der Waals surface area contributed by atoms with Crippen molar-refractivity contribution in [3.63, 3.8) is 0 Å². The van der Waals surface area contributed by atoms with Crippen LogP contribution in [0.4, 0.5) is 0 Å². The third-order valence-corrected chi connectivity index (χ3v) is 9.13. The standard InChI is InChI=1S/C31H27BrN2O4/c1-2-37-26-13-17(12-25(32)29(26)38-16-19-8-5-7-18-6-3-4-9-20(18)19)15-33-34-30(35)27-21-10-11-22(24-14-23(21)24)28(27)31(34)36/h3-13,15,21-24,27-28H,2,14,16H2,1H3/t21-,22-,23-,24-,27+,28+/m0/s1. The molecule has 5 aliphatic rings. The van der Waals surface area contributed by atoms with Gasteiger partial charge in [-0.1, -0.05) is 54.6 Å². The fraction of sp³-hybridized carbons (Fsp3) is 0.323. The number of rotatable bonds is 7. The Morgan fingerprint density at radius 2 is 1.68 bits per heavy atom. The van der Waals surface area contributed by atoms with E-state index in [0.717, 1.165) is 27.8 Å². The van der Waals surface area contributed by atoms with Crippen LogP contribution in [0.25, 0.3) is 10.8 Å². The number of carbonyl (C=O) groups excluding carboxylic acids is 2. The van der Waals surface area contributed by atoms with Crippen LogP contribution < -0.4 is 9.47 Å². The van der Waals surface area contributed by atoms with Gasteiger partial charge in [0.2, 0.25) is 0 Å². The van der Waals surface area contributed by atoms with Crippen molar-refractivity contribution >= 4 is 44.7 Å². The number of ether oxygens (including phenoxy) is 2. The summed E-state index contributed by atoms with van der Waals surface area (Å²) in [7, 11) is 0. The number of carbonyl (C=O) groups is 2. The Morgan fingerprint density at radius 1 is 0.974 bits per heavy atom. The molecule has 7 heteroatoms. The van der Waals surface area contributed by atoms with Crippen LogP contribution >= 0.6 is 15.9 Å². The van der Waals surface area contributed by atoms with E-state index in [0.29, 0.717) is 46.6 Å². The molecule has 0 aromatic heterocycles. The minimum Gasteiger partial charge on any atom is -0.490 e. The minimum absolute atomic E-state index is 0.167. The van der Waals surface area contributed by atoms with Crippen LogP contribution in [0.1, 0.15) is 24.5 Å². The van der Waals surface area contributed by atoms with Gasteiger partial charge in [0.25, 0.3) is 11.8 Å². The van der Waals surface area contributed by atoms with Crippen molar-refractivity contribution in [2.45, 2.75) is 20.0 Å². The van der Waals surface area contributed by atoms with Gasteiger partial charge in [-0.25, -0.2) is 0 Å². The Bertz CT molecular complexity index is 1490. The zero-order chi connectivity index (χ0) is 26.0. The summed E-state index contributed by atoms with van der Waals surface area (Å²) < 4.78 is 12.9. The fourth-order valence-electron chi connectivity index (χ4n) is 6.81. The molecule has 192 valence electrons. The summed E-state index contributed by atoms with van der Waals surface area (Å²) in [4.78, 5) is 26.5. The molecular weight excluding hydrogens is 544 g/mol. The van der Waals surface area contributed by atoms with Crippen molar-refractivity contribution in [1.29, 1.82) is 0 Å². The maximum atomic E-state index is 13.2. The Kier molecular flexibility index (Phi) is 5.65. The zero-order valence-corrected chi connectivity index (χ0v) is 22.5. The van der Waals surface area contributed by atoms with Crippen molar-refractivity contribution in [2.24, 2.45) is 40.6 Å². The van der Waals surface area contributed by atoms with Crippen molar-refractivity contribution < 1.29 is 19.1 Å². The molecule has 4 aliphatic carbocycles. The molecule has 3 fully saturated rings. The monoisotopic (exact) mass is 570 g/mol. The van der Waals surface area contributed by atoms with Crippen LogP contribution in [0.3, 0.4) is 0 Å². The molecule has 38 heavy (non-hydrogen) atoms. The number of amides is 2.